The fourth-order valence-electron chi connectivity index (χ4n) is 2.01. The Labute approximate surface area is 129 Å². The van der Waals surface area contributed by atoms with Crippen molar-refractivity contribution in [3.05, 3.63) is 59.7 Å². The second-order valence-corrected chi connectivity index (χ2v) is 5.18. The maximum Gasteiger partial charge on any atom is 0.326 e. The van der Waals surface area contributed by atoms with Crippen LogP contribution in [0.2, 0.25) is 0 Å². The number of carbonyl (C=O) groups excluding carboxylic acids is 1. The predicted molar refractivity (Wildman–Crippen MR) is 90.9 cm³/mol. The lowest BCUT2D eigenvalue weighted by Crippen LogP contribution is -2.32. The molecule has 0 aliphatic heterocycles. The molecule has 0 fully saturated rings. The number of amides is 2. The van der Waals surface area contributed by atoms with Crippen LogP contribution in [-0.2, 0) is 0 Å². The van der Waals surface area contributed by atoms with Gasteiger partial charge in [0.05, 0.1) is 5.69 Å². The van der Waals surface area contributed by atoms with Crippen LogP contribution in [0.5, 0.6) is 0 Å². The Morgan fingerprint density at radius 1 is 1.19 bits per heavy atom. The van der Waals surface area contributed by atoms with Gasteiger partial charge in [-0.15, -0.1) is 0 Å². The molecule has 2 amide bonds. The topological polar surface area (TPSA) is 58.4 Å². The van der Waals surface area contributed by atoms with Gasteiger partial charge in [-0.1, -0.05) is 36.5 Å². The van der Waals surface area contributed by atoms with Crippen LogP contribution in [0.4, 0.5) is 16.2 Å². The molecular weight excluding hydrogens is 282 g/mol. The van der Waals surface area contributed by atoms with Gasteiger partial charge in [-0.05, 0) is 36.8 Å². The molecule has 0 aliphatic rings. The van der Waals surface area contributed by atoms with E-state index in [4.69, 9.17) is 18.0 Å². The Bertz CT molecular complexity index is 685. The summed E-state index contributed by atoms with van der Waals surface area (Å²) in [7, 11) is 1.68. The number of nitrogens with zero attached hydrogens (tertiary/aromatic N) is 1. The molecule has 0 radical (unpaired) electrons. The summed E-state index contributed by atoms with van der Waals surface area (Å²) in [6, 6.07) is 14.7. The predicted octanol–water partition coefficient (Wildman–Crippen LogP) is 3.30. The van der Waals surface area contributed by atoms with Gasteiger partial charge in [0.2, 0.25) is 0 Å². The molecule has 21 heavy (non-hydrogen) atoms. The molecule has 0 saturated heterocycles. The van der Waals surface area contributed by atoms with Gasteiger partial charge >= 0.3 is 6.03 Å². The molecular formula is C16H17N3OS. The number of aryl methyl sites for hydroxylation is 1. The summed E-state index contributed by atoms with van der Waals surface area (Å²) in [6.45, 7) is 1.97. The highest BCUT2D eigenvalue weighted by molar-refractivity contribution is 7.80. The Hall–Kier alpha value is -2.40. The normalized spacial score (nSPS) is 10.0. The van der Waals surface area contributed by atoms with Gasteiger partial charge in [-0.2, -0.15) is 0 Å². The van der Waals surface area contributed by atoms with Crippen molar-refractivity contribution in [1.82, 2.24) is 0 Å². The standard InChI is InChI=1S/C16H17N3OS/c1-11-6-5-7-12(10-11)18-16(20)19(2)14-9-4-3-8-13(14)15(17)21/h3-10H,1-2H3,(H2,17,21)(H,18,20). The van der Waals surface area contributed by atoms with Crippen molar-refractivity contribution >= 4 is 34.6 Å². The number of urea groups is 1. The van der Waals surface area contributed by atoms with Crippen LogP contribution in [0.1, 0.15) is 11.1 Å². The first-order valence-electron chi connectivity index (χ1n) is 6.49. The first-order chi connectivity index (χ1) is 9.99. The largest absolute Gasteiger partial charge is 0.389 e. The number of rotatable bonds is 3. The summed E-state index contributed by atoms with van der Waals surface area (Å²) in [5, 5.41) is 2.85. The van der Waals surface area contributed by atoms with E-state index >= 15 is 0 Å². The zero-order valence-electron chi connectivity index (χ0n) is 12.0. The van der Waals surface area contributed by atoms with Gasteiger partial charge < -0.3 is 11.1 Å². The summed E-state index contributed by atoms with van der Waals surface area (Å²) < 4.78 is 0. The van der Waals surface area contributed by atoms with Crippen molar-refractivity contribution in [2.75, 3.05) is 17.3 Å². The molecule has 0 atom stereocenters. The minimum Gasteiger partial charge on any atom is -0.389 e. The van der Waals surface area contributed by atoms with E-state index in [0.717, 1.165) is 11.3 Å². The Balaban J connectivity index is 2.22. The SMILES string of the molecule is Cc1cccc(NC(=O)N(C)c2ccccc2C(N)=S)c1. The van der Waals surface area contributed by atoms with E-state index in [2.05, 4.69) is 5.32 Å². The quantitative estimate of drug-likeness (QED) is 0.855. The van der Waals surface area contributed by atoms with E-state index in [1.54, 1.807) is 13.1 Å². The van der Waals surface area contributed by atoms with Crippen LogP contribution in [0.25, 0.3) is 0 Å². The number of anilines is 2. The average molecular weight is 299 g/mol. The Morgan fingerprint density at radius 2 is 1.90 bits per heavy atom. The molecule has 0 aliphatic carbocycles. The number of thiocarbonyl (C=S) groups is 1. The monoisotopic (exact) mass is 299 g/mol. The van der Waals surface area contributed by atoms with Gasteiger partial charge in [0.1, 0.15) is 4.99 Å². The van der Waals surface area contributed by atoms with Gasteiger partial charge in [0.25, 0.3) is 0 Å². The van der Waals surface area contributed by atoms with E-state index in [1.807, 2.05) is 49.4 Å². The van der Waals surface area contributed by atoms with Crippen molar-refractivity contribution in [1.29, 1.82) is 0 Å². The molecule has 5 heteroatoms. The highest BCUT2D eigenvalue weighted by Crippen LogP contribution is 2.20. The minimum absolute atomic E-state index is 0.246. The molecule has 0 heterocycles. The van der Waals surface area contributed by atoms with Gasteiger partial charge in [0.15, 0.2) is 0 Å². The van der Waals surface area contributed by atoms with Crippen molar-refractivity contribution in [3.8, 4) is 0 Å². The molecule has 0 aromatic heterocycles. The van der Waals surface area contributed by atoms with E-state index in [9.17, 15) is 4.79 Å². The van der Waals surface area contributed by atoms with Crippen LogP contribution >= 0.6 is 12.2 Å². The van der Waals surface area contributed by atoms with E-state index in [-0.39, 0.29) is 11.0 Å². The molecule has 0 unspecified atom stereocenters. The van der Waals surface area contributed by atoms with Crippen LogP contribution in [-0.4, -0.2) is 18.1 Å². The highest BCUT2D eigenvalue weighted by Gasteiger charge is 2.15. The molecule has 2 aromatic carbocycles. The molecule has 0 bridgehead atoms. The third-order valence-electron chi connectivity index (χ3n) is 3.10. The van der Waals surface area contributed by atoms with Crippen molar-refractivity contribution in [2.45, 2.75) is 6.92 Å². The number of hydrogen-bond acceptors (Lipinski definition) is 2. The van der Waals surface area contributed by atoms with E-state index in [1.165, 1.54) is 4.90 Å². The maximum absolute atomic E-state index is 12.3. The molecule has 108 valence electrons. The Morgan fingerprint density at radius 3 is 2.57 bits per heavy atom. The number of benzene rings is 2. The highest BCUT2D eigenvalue weighted by atomic mass is 32.1. The third-order valence-corrected chi connectivity index (χ3v) is 3.32. The molecule has 2 aromatic rings. The van der Waals surface area contributed by atoms with Crippen molar-refractivity contribution in [3.63, 3.8) is 0 Å². The number of nitrogens with two attached hydrogens (primary N) is 1. The summed E-state index contributed by atoms with van der Waals surface area (Å²) in [4.78, 5) is 14.1. The number of carbonyl (C=O) groups is 1. The fraction of sp³-hybridized carbons (Fsp3) is 0.125. The van der Waals surface area contributed by atoms with E-state index < -0.39 is 0 Å². The summed E-state index contributed by atoms with van der Waals surface area (Å²) in [5.74, 6) is 0. The molecule has 4 nitrogen and oxygen atoms in total. The molecule has 0 spiro atoms. The fourth-order valence-corrected chi connectivity index (χ4v) is 2.19. The lowest BCUT2D eigenvalue weighted by atomic mass is 10.1. The average Bonchev–Trinajstić information content (AvgIpc) is 2.46. The smallest absolute Gasteiger partial charge is 0.326 e. The molecule has 0 saturated carbocycles. The van der Waals surface area contributed by atoms with Crippen molar-refractivity contribution < 1.29 is 4.79 Å². The van der Waals surface area contributed by atoms with Crippen LogP contribution in [0, 0.1) is 6.92 Å². The Kier molecular flexibility index (Phi) is 4.55. The molecule has 3 N–H and O–H groups in total. The van der Waals surface area contributed by atoms with Gasteiger partial charge in [0, 0.05) is 18.3 Å². The number of nitrogens with one attached hydrogen (secondary N) is 1. The second-order valence-electron chi connectivity index (χ2n) is 4.74. The van der Waals surface area contributed by atoms with Gasteiger partial charge in [-0.3, -0.25) is 4.90 Å². The second kappa shape index (κ2) is 6.37. The minimum atomic E-state index is -0.246. The first-order valence-corrected chi connectivity index (χ1v) is 6.90. The van der Waals surface area contributed by atoms with Crippen molar-refractivity contribution in [2.24, 2.45) is 5.73 Å². The van der Waals surface area contributed by atoms with Crippen LogP contribution < -0.4 is 16.0 Å². The van der Waals surface area contributed by atoms with Crippen LogP contribution in [0.15, 0.2) is 48.5 Å². The van der Waals surface area contributed by atoms with Crippen LogP contribution in [0.3, 0.4) is 0 Å². The summed E-state index contributed by atoms with van der Waals surface area (Å²) in [5.41, 5.74) is 8.88. The lowest BCUT2D eigenvalue weighted by Gasteiger charge is -2.21. The third kappa shape index (κ3) is 3.58. The zero-order valence-corrected chi connectivity index (χ0v) is 12.8. The molecule has 2 rings (SSSR count). The zero-order chi connectivity index (χ0) is 15.4. The first kappa shape index (κ1) is 15.0. The number of para-hydroxylation sites is 1. The number of hydrogen-bond donors (Lipinski definition) is 2. The van der Waals surface area contributed by atoms with E-state index in [0.29, 0.717) is 11.3 Å². The summed E-state index contributed by atoms with van der Waals surface area (Å²) in [6.07, 6.45) is 0. The van der Waals surface area contributed by atoms with Gasteiger partial charge in [-0.25, -0.2) is 4.79 Å². The lowest BCUT2D eigenvalue weighted by molar-refractivity contribution is 0.258. The maximum atomic E-state index is 12.3. The summed E-state index contributed by atoms with van der Waals surface area (Å²) >= 11 is 5.02.